The first kappa shape index (κ1) is 15.0. The van der Waals surface area contributed by atoms with Crippen molar-refractivity contribution in [2.45, 2.75) is 32.3 Å². The van der Waals surface area contributed by atoms with Gasteiger partial charge < -0.3 is 15.7 Å². The van der Waals surface area contributed by atoms with Gasteiger partial charge in [0, 0.05) is 16.8 Å². The van der Waals surface area contributed by atoms with Gasteiger partial charge in [-0.1, -0.05) is 0 Å². The maximum absolute atomic E-state index is 12.1. The van der Waals surface area contributed by atoms with Gasteiger partial charge in [-0.2, -0.15) is 0 Å². The van der Waals surface area contributed by atoms with Crippen LogP contribution in [0.4, 0.5) is 16.5 Å². The first-order chi connectivity index (χ1) is 10.6. The molecule has 1 aromatic heterocycles. The molecule has 5 nitrogen and oxygen atoms in total. The highest BCUT2D eigenvalue weighted by Gasteiger charge is 2.31. The van der Waals surface area contributed by atoms with Crippen molar-refractivity contribution in [2.24, 2.45) is 5.92 Å². The van der Waals surface area contributed by atoms with E-state index in [4.69, 9.17) is 0 Å². The summed E-state index contributed by atoms with van der Waals surface area (Å²) < 4.78 is 0. The number of aliphatic hydroxyl groups excluding tert-OH is 1. The summed E-state index contributed by atoms with van der Waals surface area (Å²) in [5.74, 6) is -0.377. The van der Waals surface area contributed by atoms with Crippen LogP contribution in [0.25, 0.3) is 0 Å². The van der Waals surface area contributed by atoms with Gasteiger partial charge in [-0.25, -0.2) is 4.98 Å². The van der Waals surface area contributed by atoms with Crippen molar-refractivity contribution < 1.29 is 9.90 Å². The SMILES string of the molecule is Cc1csc(Nc2ccc(NC(=O)C3CCCC3O)cc2)n1. The number of benzene rings is 1. The predicted molar refractivity (Wildman–Crippen MR) is 88.6 cm³/mol. The molecule has 1 heterocycles. The van der Waals surface area contributed by atoms with E-state index in [1.54, 1.807) is 11.3 Å². The lowest BCUT2D eigenvalue weighted by Crippen LogP contribution is -2.28. The van der Waals surface area contributed by atoms with E-state index in [1.807, 2.05) is 36.6 Å². The summed E-state index contributed by atoms with van der Waals surface area (Å²) >= 11 is 1.56. The molecule has 1 aliphatic carbocycles. The molecule has 2 aromatic rings. The first-order valence-electron chi connectivity index (χ1n) is 7.40. The van der Waals surface area contributed by atoms with Crippen LogP contribution in [0.5, 0.6) is 0 Å². The fourth-order valence-electron chi connectivity index (χ4n) is 2.65. The van der Waals surface area contributed by atoms with Crippen LogP contribution in [-0.2, 0) is 4.79 Å². The molecule has 1 aliphatic rings. The third-order valence-corrected chi connectivity index (χ3v) is 4.71. The highest BCUT2D eigenvalue weighted by atomic mass is 32.1. The zero-order chi connectivity index (χ0) is 15.5. The highest BCUT2D eigenvalue weighted by Crippen LogP contribution is 2.27. The summed E-state index contributed by atoms with van der Waals surface area (Å²) in [6.07, 6.45) is 1.88. The van der Waals surface area contributed by atoms with Crippen molar-refractivity contribution in [3.05, 3.63) is 35.3 Å². The van der Waals surface area contributed by atoms with Crippen molar-refractivity contribution >= 4 is 33.8 Å². The van der Waals surface area contributed by atoms with Crippen LogP contribution >= 0.6 is 11.3 Å². The molecule has 0 bridgehead atoms. The second-order valence-corrected chi connectivity index (χ2v) is 6.45. The molecule has 0 radical (unpaired) electrons. The van der Waals surface area contributed by atoms with Crippen LogP contribution in [0, 0.1) is 12.8 Å². The van der Waals surface area contributed by atoms with Crippen molar-refractivity contribution in [2.75, 3.05) is 10.6 Å². The van der Waals surface area contributed by atoms with Crippen LogP contribution in [-0.4, -0.2) is 22.1 Å². The molecule has 3 N–H and O–H groups in total. The molecule has 1 aromatic carbocycles. The van der Waals surface area contributed by atoms with E-state index in [-0.39, 0.29) is 11.8 Å². The quantitative estimate of drug-likeness (QED) is 0.809. The van der Waals surface area contributed by atoms with Crippen LogP contribution < -0.4 is 10.6 Å². The molecule has 0 saturated heterocycles. The average molecular weight is 317 g/mol. The molecule has 22 heavy (non-hydrogen) atoms. The van der Waals surface area contributed by atoms with Gasteiger partial charge >= 0.3 is 0 Å². The molecule has 2 atom stereocenters. The normalized spacial score (nSPS) is 20.8. The van der Waals surface area contributed by atoms with Gasteiger partial charge in [0.05, 0.1) is 17.7 Å². The number of carbonyl (C=O) groups excluding carboxylic acids is 1. The Morgan fingerprint density at radius 3 is 2.59 bits per heavy atom. The van der Waals surface area contributed by atoms with Gasteiger partial charge in [0.25, 0.3) is 0 Å². The second-order valence-electron chi connectivity index (χ2n) is 5.59. The number of carbonyl (C=O) groups is 1. The van der Waals surface area contributed by atoms with Crippen molar-refractivity contribution in [3.63, 3.8) is 0 Å². The summed E-state index contributed by atoms with van der Waals surface area (Å²) in [6.45, 7) is 1.96. The summed E-state index contributed by atoms with van der Waals surface area (Å²) in [6, 6.07) is 7.50. The number of amides is 1. The summed E-state index contributed by atoms with van der Waals surface area (Å²) in [7, 11) is 0. The lowest BCUT2D eigenvalue weighted by molar-refractivity contribution is -0.122. The molecular weight excluding hydrogens is 298 g/mol. The standard InChI is InChI=1S/C16H19N3O2S/c1-10-9-22-16(17-10)19-12-7-5-11(6-8-12)18-15(21)13-3-2-4-14(13)20/h5-9,13-14,20H,2-4H2,1H3,(H,17,19)(H,18,21). The average Bonchev–Trinajstić information content (AvgIpc) is 3.10. The second kappa shape index (κ2) is 6.46. The zero-order valence-electron chi connectivity index (χ0n) is 12.4. The van der Waals surface area contributed by atoms with Crippen molar-refractivity contribution in [3.8, 4) is 0 Å². The number of hydrogen-bond donors (Lipinski definition) is 3. The molecule has 0 spiro atoms. The number of anilines is 3. The Morgan fingerprint density at radius 1 is 1.27 bits per heavy atom. The minimum absolute atomic E-state index is 0.0961. The summed E-state index contributed by atoms with van der Waals surface area (Å²) in [5, 5.41) is 18.7. The third kappa shape index (κ3) is 3.45. The number of aromatic nitrogens is 1. The number of nitrogens with zero attached hydrogens (tertiary/aromatic N) is 1. The van der Waals surface area contributed by atoms with E-state index in [9.17, 15) is 9.90 Å². The van der Waals surface area contributed by atoms with Gasteiger partial charge in [0.15, 0.2) is 5.13 Å². The van der Waals surface area contributed by atoms with Crippen LogP contribution in [0.2, 0.25) is 0 Å². The van der Waals surface area contributed by atoms with E-state index in [2.05, 4.69) is 15.6 Å². The Bertz CT molecular complexity index is 654. The smallest absolute Gasteiger partial charge is 0.230 e. The Morgan fingerprint density at radius 2 is 2.00 bits per heavy atom. The molecular formula is C16H19N3O2S. The topological polar surface area (TPSA) is 74.2 Å². The fraction of sp³-hybridized carbons (Fsp3) is 0.375. The largest absolute Gasteiger partial charge is 0.392 e. The Balaban J connectivity index is 1.60. The molecule has 1 amide bonds. The maximum atomic E-state index is 12.1. The van der Waals surface area contributed by atoms with E-state index < -0.39 is 6.10 Å². The monoisotopic (exact) mass is 317 g/mol. The number of nitrogens with one attached hydrogen (secondary N) is 2. The molecule has 116 valence electrons. The predicted octanol–water partition coefficient (Wildman–Crippen LogP) is 3.29. The van der Waals surface area contributed by atoms with Gasteiger partial charge in [-0.15, -0.1) is 11.3 Å². The molecule has 3 rings (SSSR count). The van der Waals surface area contributed by atoms with E-state index >= 15 is 0 Å². The minimum Gasteiger partial charge on any atom is -0.392 e. The Labute approximate surface area is 133 Å². The van der Waals surface area contributed by atoms with Crippen LogP contribution in [0.15, 0.2) is 29.6 Å². The maximum Gasteiger partial charge on any atom is 0.230 e. The molecule has 1 fully saturated rings. The Kier molecular flexibility index (Phi) is 4.40. The third-order valence-electron chi connectivity index (χ3n) is 3.84. The lowest BCUT2D eigenvalue weighted by atomic mass is 10.1. The Hall–Kier alpha value is -1.92. The summed E-state index contributed by atoms with van der Waals surface area (Å²) in [4.78, 5) is 16.5. The first-order valence-corrected chi connectivity index (χ1v) is 8.28. The number of aryl methyl sites for hydroxylation is 1. The fourth-order valence-corrected chi connectivity index (χ4v) is 3.36. The van der Waals surface area contributed by atoms with Gasteiger partial charge in [-0.05, 0) is 50.5 Å². The zero-order valence-corrected chi connectivity index (χ0v) is 13.2. The number of hydrogen-bond acceptors (Lipinski definition) is 5. The molecule has 2 unspecified atom stereocenters. The van der Waals surface area contributed by atoms with E-state index in [0.717, 1.165) is 35.0 Å². The van der Waals surface area contributed by atoms with Gasteiger partial charge in [0.2, 0.25) is 5.91 Å². The van der Waals surface area contributed by atoms with Gasteiger partial charge in [-0.3, -0.25) is 4.79 Å². The van der Waals surface area contributed by atoms with E-state index in [0.29, 0.717) is 6.42 Å². The van der Waals surface area contributed by atoms with E-state index in [1.165, 1.54) is 0 Å². The summed E-state index contributed by atoms with van der Waals surface area (Å²) in [5.41, 5.74) is 2.66. The molecule has 1 saturated carbocycles. The minimum atomic E-state index is -0.505. The number of thiazole rings is 1. The number of rotatable bonds is 4. The van der Waals surface area contributed by atoms with Gasteiger partial charge in [0.1, 0.15) is 0 Å². The van der Waals surface area contributed by atoms with Crippen molar-refractivity contribution in [1.29, 1.82) is 0 Å². The lowest BCUT2D eigenvalue weighted by Gasteiger charge is -2.14. The highest BCUT2D eigenvalue weighted by molar-refractivity contribution is 7.13. The van der Waals surface area contributed by atoms with Crippen LogP contribution in [0.3, 0.4) is 0 Å². The number of aliphatic hydroxyl groups is 1. The molecule has 0 aliphatic heterocycles. The van der Waals surface area contributed by atoms with Crippen LogP contribution in [0.1, 0.15) is 25.0 Å². The van der Waals surface area contributed by atoms with Crippen molar-refractivity contribution in [1.82, 2.24) is 4.98 Å². The molecule has 6 heteroatoms.